The maximum Gasteiger partial charge on any atom is 0.409 e. The minimum absolute atomic E-state index is 0.373. The summed E-state index contributed by atoms with van der Waals surface area (Å²) >= 11 is 1.34. The molecule has 1 aliphatic heterocycles. The SMILES string of the molecule is CC1=C2CC=CC=C2C(=O)OC=C(NC(=O)O)C(=O)NC=CS1. The largest absolute Gasteiger partial charge is 0.465 e. The summed E-state index contributed by atoms with van der Waals surface area (Å²) in [6, 6.07) is 0. The van der Waals surface area contributed by atoms with Crippen molar-refractivity contribution in [1.29, 1.82) is 0 Å². The standard InChI is InChI=1S/C15H14N2O5S/c1-9-10-4-2-3-5-11(10)14(19)22-8-12(17-15(20)21)13(18)16-6-7-23-9/h2-3,5-8,17H,4H2,1H3,(H,16,18)(H,20,21). The number of thioether (sulfide) groups is 1. The van der Waals surface area contributed by atoms with Gasteiger partial charge in [0.1, 0.15) is 12.0 Å². The van der Waals surface area contributed by atoms with Gasteiger partial charge >= 0.3 is 12.1 Å². The minimum atomic E-state index is -1.44. The molecule has 0 aromatic rings. The van der Waals surface area contributed by atoms with Crippen LogP contribution in [-0.2, 0) is 14.3 Å². The molecule has 23 heavy (non-hydrogen) atoms. The van der Waals surface area contributed by atoms with E-state index in [1.165, 1.54) is 18.0 Å². The van der Waals surface area contributed by atoms with Crippen LogP contribution in [0.25, 0.3) is 0 Å². The Balaban J connectivity index is 2.38. The van der Waals surface area contributed by atoms with E-state index in [-0.39, 0.29) is 0 Å². The first-order valence-corrected chi connectivity index (χ1v) is 7.47. The number of fused-ring (bicyclic) bond motifs is 1. The third-order valence-corrected chi connectivity index (χ3v) is 3.86. The summed E-state index contributed by atoms with van der Waals surface area (Å²) in [5.41, 5.74) is 0.799. The molecule has 0 atom stereocenters. The summed E-state index contributed by atoms with van der Waals surface area (Å²) in [4.78, 5) is 35.7. The number of amides is 2. The van der Waals surface area contributed by atoms with Crippen molar-refractivity contribution in [2.45, 2.75) is 13.3 Å². The van der Waals surface area contributed by atoms with Gasteiger partial charge in [-0.05, 0) is 35.3 Å². The molecule has 0 saturated heterocycles. The molecule has 0 radical (unpaired) electrons. The second kappa shape index (κ2) is 7.50. The Morgan fingerprint density at radius 3 is 2.96 bits per heavy atom. The second-order valence-electron chi connectivity index (χ2n) is 4.51. The highest BCUT2D eigenvalue weighted by Gasteiger charge is 2.20. The van der Waals surface area contributed by atoms with Gasteiger partial charge < -0.3 is 15.2 Å². The van der Waals surface area contributed by atoms with Gasteiger partial charge in [-0.2, -0.15) is 0 Å². The fourth-order valence-electron chi connectivity index (χ4n) is 1.91. The van der Waals surface area contributed by atoms with Gasteiger partial charge in [0.05, 0.1) is 5.57 Å². The van der Waals surface area contributed by atoms with Crippen LogP contribution in [0.2, 0.25) is 0 Å². The van der Waals surface area contributed by atoms with E-state index >= 15 is 0 Å². The predicted molar refractivity (Wildman–Crippen MR) is 84.7 cm³/mol. The number of rotatable bonds is 1. The van der Waals surface area contributed by atoms with Crippen LogP contribution < -0.4 is 10.6 Å². The van der Waals surface area contributed by atoms with Crippen LogP contribution in [0, 0.1) is 0 Å². The maximum absolute atomic E-state index is 12.2. The van der Waals surface area contributed by atoms with Gasteiger partial charge in [0.2, 0.25) is 0 Å². The summed E-state index contributed by atoms with van der Waals surface area (Å²) < 4.78 is 4.96. The first-order valence-electron chi connectivity index (χ1n) is 6.59. The van der Waals surface area contributed by atoms with E-state index in [2.05, 4.69) is 5.32 Å². The molecular formula is C15H14N2O5S. The normalized spacial score (nSPS) is 18.7. The predicted octanol–water partition coefficient (Wildman–Crippen LogP) is 2.13. The zero-order valence-corrected chi connectivity index (χ0v) is 13.0. The number of esters is 1. The van der Waals surface area contributed by atoms with Crippen molar-refractivity contribution in [3.8, 4) is 0 Å². The Labute approximate surface area is 136 Å². The molecule has 8 heteroatoms. The number of hydrogen-bond acceptors (Lipinski definition) is 5. The molecule has 1 aliphatic carbocycles. The summed E-state index contributed by atoms with van der Waals surface area (Å²) in [7, 11) is 0. The molecule has 0 bridgehead atoms. The van der Waals surface area contributed by atoms with Crippen molar-refractivity contribution in [3.05, 3.63) is 57.8 Å². The molecule has 1 heterocycles. The number of ether oxygens (including phenoxy) is 1. The summed E-state index contributed by atoms with van der Waals surface area (Å²) in [5.74, 6) is -1.40. The first-order chi connectivity index (χ1) is 11.0. The van der Waals surface area contributed by atoms with Crippen molar-refractivity contribution in [3.63, 3.8) is 0 Å². The molecule has 0 spiro atoms. The average Bonchev–Trinajstić information content (AvgIpc) is 2.53. The number of carbonyl (C=O) groups excluding carboxylic acids is 2. The molecule has 120 valence electrons. The van der Waals surface area contributed by atoms with Gasteiger partial charge in [-0.1, -0.05) is 12.2 Å². The van der Waals surface area contributed by atoms with E-state index in [0.717, 1.165) is 16.7 Å². The van der Waals surface area contributed by atoms with E-state index in [1.54, 1.807) is 17.6 Å². The first kappa shape index (κ1) is 16.6. The average molecular weight is 334 g/mol. The highest BCUT2D eigenvalue weighted by Crippen LogP contribution is 2.30. The van der Waals surface area contributed by atoms with Crippen molar-refractivity contribution >= 4 is 29.7 Å². The molecule has 0 aromatic heterocycles. The van der Waals surface area contributed by atoms with Crippen LogP contribution >= 0.6 is 11.8 Å². The van der Waals surface area contributed by atoms with Crippen molar-refractivity contribution in [2.75, 3.05) is 0 Å². The molecule has 0 aromatic carbocycles. The number of carboxylic acid groups (broad SMARTS) is 1. The van der Waals surface area contributed by atoms with E-state index in [0.29, 0.717) is 12.0 Å². The summed E-state index contributed by atoms with van der Waals surface area (Å²) in [6.07, 6.45) is 6.61. The van der Waals surface area contributed by atoms with Crippen LogP contribution in [0.3, 0.4) is 0 Å². The van der Waals surface area contributed by atoms with Gasteiger partial charge in [0, 0.05) is 6.20 Å². The third kappa shape index (κ3) is 4.36. The molecule has 2 rings (SSSR count). The lowest BCUT2D eigenvalue weighted by Crippen LogP contribution is -2.32. The Kier molecular flexibility index (Phi) is 5.42. The lowest BCUT2D eigenvalue weighted by atomic mass is 9.98. The van der Waals surface area contributed by atoms with Crippen molar-refractivity contribution in [1.82, 2.24) is 10.6 Å². The third-order valence-electron chi connectivity index (χ3n) is 2.99. The zero-order chi connectivity index (χ0) is 16.8. The van der Waals surface area contributed by atoms with Crippen LogP contribution in [0.4, 0.5) is 4.79 Å². The van der Waals surface area contributed by atoms with Gasteiger partial charge in [-0.25, -0.2) is 9.59 Å². The number of hydrogen-bond donors (Lipinski definition) is 3. The number of cyclic esters (lactones) is 1. The molecule has 2 aliphatic rings. The van der Waals surface area contributed by atoms with E-state index < -0.39 is 23.7 Å². The Bertz CT molecular complexity index is 701. The molecule has 0 fully saturated rings. The van der Waals surface area contributed by atoms with Gasteiger partial charge in [0.25, 0.3) is 5.91 Å². The van der Waals surface area contributed by atoms with Gasteiger partial charge in [0.15, 0.2) is 0 Å². The topological polar surface area (TPSA) is 105 Å². The lowest BCUT2D eigenvalue weighted by molar-refractivity contribution is -0.133. The van der Waals surface area contributed by atoms with Crippen molar-refractivity contribution < 1.29 is 24.2 Å². The van der Waals surface area contributed by atoms with Gasteiger partial charge in [-0.3, -0.25) is 10.1 Å². The summed E-state index contributed by atoms with van der Waals surface area (Å²) in [6.45, 7) is 1.87. The molecule has 3 N–H and O–H groups in total. The minimum Gasteiger partial charge on any atom is -0.465 e. The highest BCUT2D eigenvalue weighted by molar-refractivity contribution is 8.05. The van der Waals surface area contributed by atoms with Crippen LogP contribution in [0.1, 0.15) is 13.3 Å². The Morgan fingerprint density at radius 1 is 1.43 bits per heavy atom. The number of nitrogens with one attached hydrogen (secondary N) is 2. The molecule has 0 unspecified atom stereocenters. The molecule has 0 saturated carbocycles. The summed E-state index contributed by atoms with van der Waals surface area (Å²) in [5, 5.41) is 14.7. The highest BCUT2D eigenvalue weighted by atomic mass is 32.2. The quantitative estimate of drug-likeness (QED) is 0.635. The van der Waals surface area contributed by atoms with Gasteiger partial charge in [-0.15, -0.1) is 11.8 Å². The Morgan fingerprint density at radius 2 is 2.22 bits per heavy atom. The molecular weight excluding hydrogens is 320 g/mol. The fraction of sp³-hybridized carbons (Fsp3) is 0.133. The number of carbonyl (C=O) groups is 3. The Hall–Kier alpha value is -2.74. The second-order valence-corrected chi connectivity index (χ2v) is 5.63. The fourth-order valence-corrected chi connectivity index (χ4v) is 2.59. The van der Waals surface area contributed by atoms with Crippen molar-refractivity contribution in [2.24, 2.45) is 0 Å². The van der Waals surface area contributed by atoms with E-state index in [4.69, 9.17) is 9.84 Å². The van der Waals surface area contributed by atoms with Crippen LogP contribution in [0.5, 0.6) is 0 Å². The monoisotopic (exact) mass is 334 g/mol. The molecule has 7 nitrogen and oxygen atoms in total. The number of allylic oxidation sites excluding steroid dienone is 4. The van der Waals surface area contributed by atoms with E-state index in [9.17, 15) is 14.4 Å². The van der Waals surface area contributed by atoms with Crippen LogP contribution in [0.15, 0.2) is 57.8 Å². The lowest BCUT2D eigenvalue weighted by Gasteiger charge is -2.15. The smallest absolute Gasteiger partial charge is 0.409 e. The zero-order valence-electron chi connectivity index (χ0n) is 12.2. The van der Waals surface area contributed by atoms with Crippen LogP contribution in [-0.4, -0.2) is 23.1 Å². The maximum atomic E-state index is 12.2. The van der Waals surface area contributed by atoms with E-state index in [1.807, 2.05) is 18.3 Å². The molecule has 2 amide bonds.